The fourth-order valence-electron chi connectivity index (χ4n) is 1.54. The molecule has 0 bridgehead atoms. The van der Waals surface area contributed by atoms with Gasteiger partial charge < -0.3 is 9.67 Å². The lowest BCUT2D eigenvalue weighted by Gasteiger charge is -1.97. The minimum Gasteiger partial charge on any atom is -0.507 e. The maximum absolute atomic E-state index is 9.59. The average molecular weight is 196 g/mol. The van der Waals surface area contributed by atoms with Gasteiger partial charge in [0.1, 0.15) is 5.75 Å². The molecule has 1 aromatic heterocycles. The number of nitrogens with zero attached hydrogens (tertiary/aromatic N) is 1. The van der Waals surface area contributed by atoms with Crippen LogP contribution < -0.4 is 0 Å². The van der Waals surface area contributed by atoms with Crippen LogP contribution in [0.25, 0.3) is 10.9 Å². The summed E-state index contributed by atoms with van der Waals surface area (Å²) in [6.45, 7) is 1.93. The molecule has 1 aromatic carbocycles. The van der Waals surface area contributed by atoms with Crippen molar-refractivity contribution < 1.29 is 5.11 Å². The van der Waals surface area contributed by atoms with Crippen LogP contribution in [0.1, 0.15) is 5.69 Å². The number of aromatic hydroxyl groups is 1. The molecule has 1 N–H and O–H groups in total. The van der Waals surface area contributed by atoms with Crippen molar-refractivity contribution in [3.05, 3.63) is 28.9 Å². The van der Waals surface area contributed by atoms with E-state index in [9.17, 15) is 5.11 Å². The molecule has 2 rings (SSSR count). The Morgan fingerprint density at radius 3 is 2.69 bits per heavy atom. The highest BCUT2D eigenvalue weighted by Crippen LogP contribution is 2.35. The molecular weight excluding hydrogens is 186 g/mol. The number of fused-ring (bicyclic) bond motifs is 1. The smallest absolute Gasteiger partial charge is 0.126 e. The molecule has 0 atom stereocenters. The number of hydrogen-bond acceptors (Lipinski definition) is 1. The third-order valence-corrected chi connectivity index (χ3v) is 2.88. The molecule has 0 spiro atoms. The molecule has 0 saturated heterocycles. The summed E-state index contributed by atoms with van der Waals surface area (Å²) in [4.78, 5) is 0. The number of phenolic OH excluding ortho intramolecular Hbond substituents is 1. The molecule has 0 aliphatic rings. The Hall–Kier alpha value is -1.15. The van der Waals surface area contributed by atoms with E-state index in [4.69, 9.17) is 11.6 Å². The minimum atomic E-state index is 0.242. The van der Waals surface area contributed by atoms with Crippen molar-refractivity contribution in [1.29, 1.82) is 0 Å². The first-order valence-corrected chi connectivity index (χ1v) is 4.43. The van der Waals surface area contributed by atoms with Crippen LogP contribution in [-0.2, 0) is 7.05 Å². The Morgan fingerprint density at radius 1 is 1.38 bits per heavy atom. The van der Waals surface area contributed by atoms with Crippen molar-refractivity contribution in [2.75, 3.05) is 0 Å². The van der Waals surface area contributed by atoms with Gasteiger partial charge in [-0.25, -0.2) is 0 Å². The Balaban J connectivity index is 3.03. The minimum absolute atomic E-state index is 0.242. The van der Waals surface area contributed by atoms with Crippen LogP contribution in [0.15, 0.2) is 18.2 Å². The zero-order valence-electron chi connectivity index (χ0n) is 7.50. The van der Waals surface area contributed by atoms with Crippen LogP contribution >= 0.6 is 11.6 Å². The Kier molecular flexibility index (Phi) is 1.74. The average Bonchev–Trinajstić information content (AvgIpc) is 2.33. The third kappa shape index (κ3) is 1.02. The number of halogens is 1. The lowest BCUT2D eigenvalue weighted by atomic mass is 10.2. The van der Waals surface area contributed by atoms with E-state index in [2.05, 4.69) is 0 Å². The lowest BCUT2D eigenvalue weighted by Crippen LogP contribution is -1.88. The summed E-state index contributed by atoms with van der Waals surface area (Å²) in [7, 11) is 1.93. The zero-order chi connectivity index (χ0) is 9.59. The quantitative estimate of drug-likeness (QED) is 0.687. The highest BCUT2D eigenvalue weighted by Gasteiger charge is 2.12. The van der Waals surface area contributed by atoms with Crippen molar-refractivity contribution in [1.82, 2.24) is 4.57 Å². The van der Waals surface area contributed by atoms with Gasteiger partial charge >= 0.3 is 0 Å². The summed E-state index contributed by atoms with van der Waals surface area (Å²) >= 11 is 6.07. The molecular formula is C10H10ClNO. The van der Waals surface area contributed by atoms with Gasteiger partial charge in [-0.2, -0.15) is 0 Å². The Labute approximate surface area is 81.4 Å². The molecule has 0 aliphatic heterocycles. The van der Waals surface area contributed by atoms with Crippen molar-refractivity contribution in [2.45, 2.75) is 6.92 Å². The zero-order valence-corrected chi connectivity index (χ0v) is 8.26. The molecule has 0 radical (unpaired) electrons. The van der Waals surface area contributed by atoms with E-state index in [0.29, 0.717) is 5.02 Å². The van der Waals surface area contributed by atoms with Crippen molar-refractivity contribution in [2.24, 2.45) is 7.05 Å². The predicted molar refractivity (Wildman–Crippen MR) is 54.3 cm³/mol. The van der Waals surface area contributed by atoms with Gasteiger partial charge in [0, 0.05) is 12.7 Å². The maximum atomic E-state index is 9.59. The second-order valence-electron chi connectivity index (χ2n) is 3.13. The van der Waals surface area contributed by atoms with Gasteiger partial charge in [-0.3, -0.25) is 0 Å². The highest BCUT2D eigenvalue weighted by molar-refractivity contribution is 6.37. The second-order valence-corrected chi connectivity index (χ2v) is 3.51. The lowest BCUT2D eigenvalue weighted by molar-refractivity contribution is 0.481. The van der Waals surface area contributed by atoms with Crippen LogP contribution in [0.5, 0.6) is 5.75 Å². The van der Waals surface area contributed by atoms with Crippen LogP contribution in [0.4, 0.5) is 0 Å². The van der Waals surface area contributed by atoms with Crippen LogP contribution in [0.2, 0.25) is 5.02 Å². The van der Waals surface area contributed by atoms with E-state index in [-0.39, 0.29) is 5.75 Å². The van der Waals surface area contributed by atoms with Crippen LogP contribution in [-0.4, -0.2) is 9.67 Å². The van der Waals surface area contributed by atoms with Gasteiger partial charge in [0.25, 0.3) is 0 Å². The molecule has 2 nitrogen and oxygen atoms in total. The number of aromatic nitrogens is 1. The molecule has 3 heteroatoms. The summed E-state index contributed by atoms with van der Waals surface area (Å²) < 4.78 is 1.97. The topological polar surface area (TPSA) is 25.2 Å². The van der Waals surface area contributed by atoms with Crippen molar-refractivity contribution in [3.8, 4) is 5.75 Å². The monoisotopic (exact) mass is 195 g/mol. The summed E-state index contributed by atoms with van der Waals surface area (Å²) in [6.07, 6.45) is 0. The number of aryl methyl sites for hydroxylation is 1. The Bertz CT molecular complexity index is 473. The van der Waals surface area contributed by atoms with E-state index in [1.165, 1.54) is 0 Å². The standard InChI is InChI=1S/C10H10ClNO/c1-6-10(11)9-7(12(6)2)4-3-5-8(9)13/h3-5,13H,1-2H3. The fourth-order valence-corrected chi connectivity index (χ4v) is 1.86. The van der Waals surface area contributed by atoms with E-state index in [1.54, 1.807) is 6.07 Å². The van der Waals surface area contributed by atoms with Gasteiger partial charge in [0.2, 0.25) is 0 Å². The maximum Gasteiger partial charge on any atom is 0.126 e. The largest absolute Gasteiger partial charge is 0.507 e. The van der Waals surface area contributed by atoms with Gasteiger partial charge in [-0.15, -0.1) is 0 Å². The number of phenols is 1. The molecule has 68 valence electrons. The van der Waals surface area contributed by atoms with Gasteiger partial charge in [-0.05, 0) is 19.1 Å². The van der Waals surface area contributed by atoms with Crippen molar-refractivity contribution in [3.63, 3.8) is 0 Å². The van der Waals surface area contributed by atoms with Crippen LogP contribution in [0.3, 0.4) is 0 Å². The molecule has 13 heavy (non-hydrogen) atoms. The first-order chi connectivity index (χ1) is 6.13. The summed E-state index contributed by atoms with van der Waals surface area (Å²) in [6, 6.07) is 5.40. The Morgan fingerprint density at radius 2 is 2.08 bits per heavy atom. The van der Waals surface area contributed by atoms with E-state index >= 15 is 0 Å². The third-order valence-electron chi connectivity index (χ3n) is 2.42. The number of benzene rings is 1. The number of rotatable bonds is 0. The summed E-state index contributed by atoms with van der Waals surface area (Å²) in [5.74, 6) is 0.242. The summed E-state index contributed by atoms with van der Waals surface area (Å²) in [5, 5.41) is 11.0. The van der Waals surface area contributed by atoms with Gasteiger partial charge in [0.15, 0.2) is 0 Å². The van der Waals surface area contributed by atoms with Gasteiger partial charge in [0.05, 0.1) is 15.9 Å². The molecule has 0 amide bonds. The second kappa shape index (κ2) is 2.67. The molecule has 0 unspecified atom stereocenters. The highest BCUT2D eigenvalue weighted by atomic mass is 35.5. The molecule has 0 fully saturated rings. The van der Waals surface area contributed by atoms with Crippen molar-refractivity contribution >= 4 is 22.5 Å². The fraction of sp³-hybridized carbons (Fsp3) is 0.200. The van der Waals surface area contributed by atoms with E-state index in [1.807, 2.05) is 30.7 Å². The van der Waals surface area contributed by atoms with E-state index in [0.717, 1.165) is 16.6 Å². The molecule has 0 saturated carbocycles. The summed E-state index contributed by atoms with van der Waals surface area (Å²) in [5.41, 5.74) is 1.93. The SMILES string of the molecule is Cc1c(Cl)c2c(O)cccc2n1C. The molecule has 1 heterocycles. The number of hydrogen-bond donors (Lipinski definition) is 1. The van der Waals surface area contributed by atoms with Crippen LogP contribution in [0, 0.1) is 6.92 Å². The normalized spacial score (nSPS) is 11.0. The van der Waals surface area contributed by atoms with Gasteiger partial charge in [-0.1, -0.05) is 17.7 Å². The first kappa shape index (κ1) is 8.45. The van der Waals surface area contributed by atoms with E-state index < -0.39 is 0 Å². The molecule has 0 aliphatic carbocycles. The predicted octanol–water partition coefficient (Wildman–Crippen LogP) is 2.85. The first-order valence-electron chi connectivity index (χ1n) is 4.05. The molecule has 2 aromatic rings.